The maximum Gasteiger partial charge on any atom is 0.408 e. The molecule has 170 valence electrons. The van der Waals surface area contributed by atoms with Crippen molar-refractivity contribution in [3.63, 3.8) is 0 Å². The predicted octanol–water partition coefficient (Wildman–Crippen LogP) is 2.01. The van der Waals surface area contributed by atoms with Crippen LogP contribution in [-0.2, 0) is 19.1 Å². The third-order valence-corrected chi connectivity index (χ3v) is 7.13. The van der Waals surface area contributed by atoms with Gasteiger partial charge < -0.3 is 20.5 Å². The quantitative estimate of drug-likeness (QED) is 0.533. The Morgan fingerprint density at radius 3 is 2.53 bits per heavy atom. The number of aliphatic carboxylic acids is 1. The number of thioether (sulfide) groups is 1. The van der Waals surface area contributed by atoms with Gasteiger partial charge in [-0.15, -0.1) is 11.8 Å². The first-order chi connectivity index (χ1) is 15.3. The van der Waals surface area contributed by atoms with Crippen LogP contribution in [0.3, 0.4) is 0 Å². The molecule has 9 nitrogen and oxygen atoms in total. The minimum absolute atomic E-state index is 0.0767. The van der Waals surface area contributed by atoms with Gasteiger partial charge in [0.15, 0.2) is 0 Å². The molecule has 0 radical (unpaired) electrons. The number of benzene rings is 1. The van der Waals surface area contributed by atoms with Crippen LogP contribution in [0.4, 0.5) is 4.79 Å². The highest BCUT2D eigenvalue weighted by Gasteiger charge is 2.54. The summed E-state index contributed by atoms with van der Waals surface area (Å²) in [6, 6.07) is 6.74. The lowest BCUT2D eigenvalue weighted by Crippen LogP contribution is -2.71. The average Bonchev–Trinajstić information content (AvgIpc) is 3.61. The maximum absolute atomic E-state index is 13.1. The van der Waals surface area contributed by atoms with Gasteiger partial charge in [0.05, 0.1) is 0 Å². The van der Waals surface area contributed by atoms with Crippen LogP contribution in [0.25, 0.3) is 0 Å². The maximum atomic E-state index is 13.1. The Labute approximate surface area is 189 Å². The first-order valence-electron chi connectivity index (χ1n) is 10.5. The first kappa shape index (κ1) is 22.2. The average molecular weight is 460 g/mol. The van der Waals surface area contributed by atoms with Gasteiger partial charge in [-0.1, -0.05) is 30.3 Å². The summed E-state index contributed by atoms with van der Waals surface area (Å²) in [5.74, 6) is -1.89. The van der Waals surface area contributed by atoms with Gasteiger partial charge >= 0.3 is 12.1 Å². The fraction of sp³-hybridized carbons (Fsp3) is 0.455. The van der Waals surface area contributed by atoms with E-state index < -0.39 is 41.3 Å². The van der Waals surface area contributed by atoms with Gasteiger partial charge in [0, 0.05) is 5.25 Å². The van der Waals surface area contributed by atoms with E-state index in [4.69, 9.17) is 4.74 Å². The van der Waals surface area contributed by atoms with E-state index in [1.165, 1.54) is 22.7 Å². The number of rotatable bonds is 7. The predicted molar refractivity (Wildman–Crippen MR) is 116 cm³/mol. The molecule has 1 saturated heterocycles. The van der Waals surface area contributed by atoms with E-state index in [1.54, 1.807) is 30.3 Å². The topological polar surface area (TPSA) is 125 Å². The SMILES string of the molecule is CC1C=C(C(=O)O)N2C(=O)C(NC(=O)C(NC(=O)OC(C)C3CC3)c3ccccc3)[C@H]2S1. The number of nitrogens with one attached hydrogen (secondary N) is 2. The molecule has 1 aromatic rings. The second-order valence-corrected chi connectivity index (χ2v) is 9.72. The number of hydrogen-bond donors (Lipinski definition) is 3. The Hall–Kier alpha value is -3.01. The highest BCUT2D eigenvalue weighted by atomic mass is 32.2. The number of ether oxygens (including phenoxy) is 1. The summed E-state index contributed by atoms with van der Waals surface area (Å²) in [6.45, 7) is 3.66. The minimum atomic E-state index is -1.18. The van der Waals surface area contributed by atoms with Gasteiger partial charge in [-0.3, -0.25) is 14.5 Å². The summed E-state index contributed by atoms with van der Waals surface area (Å²) in [5.41, 5.74) is 0.465. The lowest BCUT2D eigenvalue weighted by atomic mass is 10.0. The van der Waals surface area contributed by atoms with Crippen molar-refractivity contribution >= 4 is 35.6 Å². The highest BCUT2D eigenvalue weighted by Crippen LogP contribution is 2.41. The molecule has 1 aromatic carbocycles. The number of alkyl carbamates (subject to hydrolysis) is 1. The van der Waals surface area contributed by atoms with Crippen molar-refractivity contribution in [3.05, 3.63) is 47.7 Å². The molecule has 3 amide bonds. The summed E-state index contributed by atoms with van der Waals surface area (Å²) in [4.78, 5) is 50.9. The fourth-order valence-electron chi connectivity index (χ4n) is 3.89. The van der Waals surface area contributed by atoms with Crippen molar-refractivity contribution in [2.45, 2.75) is 55.5 Å². The molecule has 1 aliphatic carbocycles. The van der Waals surface area contributed by atoms with Crippen molar-refractivity contribution in [2.24, 2.45) is 5.92 Å². The summed E-state index contributed by atoms with van der Waals surface area (Å²) in [6.07, 6.45) is 2.61. The molecule has 4 rings (SSSR count). The van der Waals surface area contributed by atoms with Gasteiger partial charge in [-0.05, 0) is 44.2 Å². The third kappa shape index (κ3) is 4.45. The smallest absolute Gasteiger partial charge is 0.408 e. The number of nitrogens with zero attached hydrogens (tertiary/aromatic N) is 1. The summed E-state index contributed by atoms with van der Waals surface area (Å²) < 4.78 is 5.40. The largest absolute Gasteiger partial charge is 0.477 e. The number of hydrogen-bond acceptors (Lipinski definition) is 6. The molecule has 2 fully saturated rings. The fourth-order valence-corrected chi connectivity index (χ4v) is 5.22. The first-order valence-corrected chi connectivity index (χ1v) is 11.5. The Balaban J connectivity index is 1.47. The van der Waals surface area contributed by atoms with E-state index in [9.17, 15) is 24.3 Å². The molecule has 10 heteroatoms. The van der Waals surface area contributed by atoms with E-state index in [1.807, 2.05) is 13.8 Å². The van der Waals surface area contributed by atoms with Gasteiger partial charge in [0.1, 0.15) is 29.3 Å². The molecular formula is C22H25N3O6S. The van der Waals surface area contributed by atoms with Crippen LogP contribution in [0.5, 0.6) is 0 Å². The normalized spacial score (nSPS) is 26.1. The Morgan fingerprint density at radius 1 is 1.22 bits per heavy atom. The molecule has 1 saturated carbocycles. The minimum Gasteiger partial charge on any atom is -0.477 e. The third-order valence-electron chi connectivity index (χ3n) is 5.80. The molecule has 5 atom stereocenters. The van der Waals surface area contributed by atoms with Crippen LogP contribution in [0.1, 0.15) is 38.3 Å². The zero-order chi connectivity index (χ0) is 23.0. The van der Waals surface area contributed by atoms with Crippen molar-refractivity contribution < 1.29 is 29.0 Å². The number of carbonyl (C=O) groups is 4. The van der Waals surface area contributed by atoms with Gasteiger partial charge in [-0.25, -0.2) is 9.59 Å². The number of carboxylic acids is 1. The zero-order valence-electron chi connectivity index (χ0n) is 17.7. The van der Waals surface area contributed by atoms with Gasteiger partial charge in [0.2, 0.25) is 5.91 Å². The van der Waals surface area contributed by atoms with E-state index in [-0.39, 0.29) is 17.1 Å². The lowest BCUT2D eigenvalue weighted by molar-refractivity contribution is -0.150. The molecule has 0 aromatic heterocycles. The van der Waals surface area contributed by atoms with Crippen LogP contribution < -0.4 is 10.6 Å². The number of β-lactam (4-membered cyclic amide) rings is 1. The van der Waals surface area contributed by atoms with Crippen LogP contribution >= 0.6 is 11.8 Å². The highest BCUT2D eigenvalue weighted by molar-refractivity contribution is 8.00. The van der Waals surface area contributed by atoms with Crippen molar-refractivity contribution in [3.8, 4) is 0 Å². The Kier molecular flexibility index (Phi) is 6.14. The van der Waals surface area contributed by atoms with E-state index >= 15 is 0 Å². The van der Waals surface area contributed by atoms with Crippen LogP contribution in [-0.4, -0.2) is 56.7 Å². The molecule has 4 unspecified atom stereocenters. The number of carbonyl (C=O) groups excluding carboxylic acids is 3. The second-order valence-electron chi connectivity index (χ2n) is 8.22. The summed E-state index contributed by atoms with van der Waals surface area (Å²) in [7, 11) is 0. The van der Waals surface area contributed by atoms with E-state index in [0.717, 1.165) is 12.8 Å². The standard InChI is InChI=1S/C22H25N3O6S/c1-11-10-15(21(28)29)25-19(27)17(20(25)32-11)23-18(26)16(14-6-4-3-5-7-14)24-22(30)31-12(2)13-8-9-13/h3-7,10-13,16-17,20H,8-9H2,1-2H3,(H,23,26)(H,24,30)(H,28,29)/t11?,12?,16?,17?,20-/m1/s1. The Bertz CT molecular complexity index is 964. The summed E-state index contributed by atoms with van der Waals surface area (Å²) in [5, 5.41) is 14.1. The zero-order valence-corrected chi connectivity index (χ0v) is 18.5. The van der Waals surface area contributed by atoms with E-state index in [2.05, 4.69) is 10.6 Å². The van der Waals surface area contributed by atoms with Crippen LogP contribution in [0.2, 0.25) is 0 Å². The molecule has 32 heavy (non-hydrogen) atoms. The van der Waals surface area contributed by atoms with Crippen molar-refractivity contribution in [1.29, 1.82) is 0 Å². The molecule has 0 spiro atoms. The number of fused-ring (bicyclic) bond motifs is 1. The molecule has 3 aliphatic rings. The molecule has 3 N–H and O–H groups in total. The van der Waals surface area contributed by atoms with Gasteiger partial charge in [0.25, 0.3) is 5.91 Å². The molecule has 2 heterocycles. The second kappa shape index (κ2) is 8.85. The molecular weight excluding hydrogens is 434 g/mol. The lowest BCUT2D eigenvalue weighted by Gasteiger charge is -2.49. The van der Waals surface area contributed by atoms with Crippen molar-refractivity contribution in [2.75, 3.05) is 0 Å². The summed E-state index contributed by atoms with van der Waals surface area (Å²) >= 11 is 1.39. The monoisotopic (exact) mass is 459 g/mol. The van der Waals surface area contributed by atoms with Crippen molar-refractivity contribution in [1.82, 2.24) is 15.5 Å². The van der Waals surface area contributed by atoms with E-state index in [0.29, 0.717) is 11.5 Å². The van der Waals surface area contributed by atoms with Gasteiger partial charge in [-0.2, -0.15) is 0 Å². The number of amides is 3. The van der Waals surface area contributed by atoms with Crippen LogP contribution in [0, 0.1) is 5.92 Å². The molecule has 2 aliphatic heterocycles. The number of carboxylic acid groups (broad SMARTS) is 1. The van der Waals surface area contributed by atoms with Crippen LogP contribution in [0.15, 0.2) is 42.1 Å². The molecule has 0 bridgehead atoms. The Morgan fingerprint density at radius 2 is 1.91 bits per heavy atom.